The number of hydrogen-bond donors (Lipinski definition) is 2. The average Bonchev–Trinajstić information content (AvgIpc) is 3.41. The summed E-state index contributed by atoms with van der Waals surface area (Å²) >= 11 is 0.973. The van der Waals surface area contributed by atoms with Crippen LogP contribution in [0, 0.1) is 6.92 Å². The molecule has 0 aliphatic carbocycles. The van der Waals surface area contributed by atoms with Crippen LogP contribution >= 0.6 is 11.8 Å². The van der Waals surface area contributed by atoms with Crippen LogP contribution in [-0.4, -0.2) is 57.5 Å². The molecule has 3 aromatic heterocycles. The number of rotatable bonds is 6. The Morgan fingerprint density at radius 2 is 1.80 bits per heavy atom. The van der Waals surface area contributed by atoms with Gasteiger partial charge in [-0.2, -0.15) is 15.0 Å². The van der Waals surface area contributed by atoms with Gasteiger partial charge in [0.15, 0.2) is 0 Å². The molecule has 2 amide bonds. The van der Waals surface area contributed by atoms with Crippen LogP contribution in [0.2, 0.25) is 0 Å². The van der Waals surface area contributed by atoms with E-state index in [1.54, 1.807) is 24.3 Å². The topological polar surface area (TPSA) is 161 Å². The highest BCUT2D eigenvalue weighted by molar-refractivity contribution is 7.98. The summed E-state index contributed by atoms with van der Waals surface area (Å²) in [6.07, 6.45) is 0. The number of urea groups is 1. The first-order chi connectivity index (χ1) is 19.5. The number of hydrogen-bond acceptors (Lipinski definition) is 12. The Morgan fingerprint density at radius 1 is 0.950 bits per heavy atom. The minimum atomic E-state index is -0.597. The van der Waals surface area contributed by atoms with E-state index < -0.39 is 11.7 Å². The van der Waals surface area contributed by atoms with Gasteiger partial charge in [-0.3, -0.25) is 5.32 Å². The van der Waals surface area contributed by atoms with E-state index in [0.29, 0.717) is 43.5 Å². The van der Waals surface area contributed by atoms with E-state index in [-0.39, 0.29) is 27.8 Å². The zero-order chi connectivity index (χ0) is 27.5. The standard InChI is InChI=1S/C26H22N8O5S/c1-15-5-4-7-17(13-15)27-24(36)29-22-28-23(34-9-11-37-12-10-34)31-25(30-22)40-26-33-32-20(39-26)18-14-16-6-2-3-8-19(16)38-21(18)35/h2-8,13-14H,9-12H2,1H3,(H2,27,28,29,30,31,36). The zero-order valence-corrected chi connectivity index (χ0v) is 22.0. The number of amides is 2. The normalized spacial score (nSPS) is 13.4. The van der Waals surface area contributed by atoms with Crippen LogP contribution in [-0.2, 0) is 4.74 Å². The second-order valence-corrected chi connectivity index (χ2v) is 9.67. The van der Waals surface area contributed by atoms with Gasteiger partial charge in [0, 0.05) is 35.9 Å². The third kappa shape index (κ3) is 5.77. The number of benzene rings is 2. The molecule has 1 aliphatic rings. The van der Waals surface area contributed by atoms with Crippen molar-refractivity contribution in [1.29, 1.82) is 0 Å². The van der Waals surface area contributed by atoms with Crippen molar-refractivity contribution < 1.29 is 18.4 Å². The maximum absolute atomic E-state index is 12.7. The lowest BCUT2D eigenvalue weighted by molar-refractivity contribution is 0.122. The molecule has 202 valence electrons. The van der Waals surface area contributed by atoms with Crippen molar-refractivity contribution in [2.75, 3.05) is 41.8 Å². The van der Waals surface area contributed by atoms with Gasteiger partial charge in [0.2, 0.25) is 17.1 Å². The maximum Gasteiger partial charge on any atom is 0.349 e. The summed E-state index contributed by atoms with van der Waals surface area (Å²) in [4.78, 5) is 40.5. The highest BCUT2D eigenvalue weighted by atomic mass is 32.2. The molecule has 1 saturated heterocycles. The van der Waals surface area contributed by atoms with Gasteiger partial charge in [0.1, 0.15) is 11.1 Å². The van der Waals surface area contributed by atoms with E-state index in [2.05, 4.69) is 35.8 Å². The molecule has 0 saturated carbocycles. The van der Waals surface area contributed by atoms with Gasteiger partial charge in [-0.05, 0) is 36.8 Å². The number of para-hydroxylation sites is 1. The first-order valence-corrected chi connectivity index (χ1v) is 13.1. The predicted octanol–water partition coefficient (Wildman–Crippen LogP) is 3.97. The number of nitrogens with zero attached hydrogens (tertiary/aromatic N) is 6. The largest absolute Gasteiger partial charge is 0.422 e. The van der Waals surface area contributed by atoms with Crippen LogP contribution in [0.3, 0.4) is 0 Å². The number of carbonyl (C=O) groups excluding carboxylic acids is 1. The van der Waals surface area contributed by atoms with E-state index >= 15 is 0 Å². The van der Waals surface area contributed by atoms with E-state index in [0.717, 1.165) is 22.7 Å². The van der Waals surface area contributed by atoms with Gasteiger partial charge in [0.05, 0.1) is 13.2 Å². The first-order valence-electron chi connectivity index (χ1n) is 12.3. The minimum Gasteiger partial charge on any atom is -0.422 e. The summed E-state index contributed by atoms with van der Waals surface area (Å²) in [7, 11) is 0. The van der Waals surface area contributed by atoms with Gasteiger partial charge < -0.3 is 23.8 Å². The van der Waals surface area contributed by atoms with E-state index in [1.165, 1.54) is 0 Å². The molecule has 40 heavy (non-hydrogen) atoms. The highest BCUT2D eigenvalue weighted by Crippen LogP contribution is 2.29. The Labute approximate surface area is 231 Å². The maximum atomic E-state index is 12.7. The minimum absolute atomic E-state index is 0.000317. The van der Waals surface area contributed by atoms with Crippen LogP contribution in [0.4, 0.5) is 22.4 Å². The van der Waals surface area contributed by atoms with Crippen molar-refractivity contribution in [3.05, 3.63) is 70.6 Å². The molecular formula is C26H22N8O5S. The molecule has 0 spiro atoms. The predicted molar refractivity (Wildman–Crippen MR) is 147 cm³/mol. The number of fused-ring (bicyclic) bond motifs is 1. The first kappa shape index (κ1) is 25.5. The summed E-state index contributed by atoms with van der Waals surface area (Å²) in [5.74, 6) is 0.404. The third-order valence-corrected chi connectivity index (χ3v) is 6.56. The highest BCUT2D eigenvalue weighted by Gasteiger charge is 2.21. The lowest BCUT2D eigenvalue weighted by Gasteiger charge is -2.26. The second-order valence-electron chi connectivity index (χ2n) is 8.75. The Bertz CT molecular complexity index is 1750. The second kappa shape index (κ2) is 11.1. The van der Waals surface area contributed by atoms with Crippen molar-refractivity contribution in [3.8, 4) is 11.5 Å². The SMILES string of the molecule is Cc1cccc(NC(=O)Nc2nc(Sc3nnc(-c4cc5ccccc5oc4=O)o3)nc(N3CCOCC3)n2)c1. The lowest BCUT2D eigenvalue weighted by Crippen LogP contribution is -2.37. The monoisotopic (exact) mass is 558 g/mol. The summed E-state index contributed by atoms with van der Waals surface area (Å²) in [6.45, 7) is 4.12. The number of aryl methyl sites for hydroxylation is 1. The van der Waals surface area contributed by atoms with Crippen molar-refractivity contribution in [1.82, 2.24) is 25.1 Å². The smallest absolute Gasteiger partial charge is 0.349 e. The van der Waals surface area contributed by atoms with Crippen LogP contribution < -0.4 is 21.2 Å². The molecule has 0 radical (unpaired) electrons. The molecule has 2 N–H and O–H groups in total. The Kier molecular flexibility index (Phi) is 7.08. The molecule has 6 rings (SSSR count). The third-order valence-electron chi connectivity index (χ3n) is 5.86. The Morgan fingerprint density at radius 3 is 2.65 bits per heavy atom. The molecule has 5 aromatic rings. The van der Waals surface area contributed by atoms with Gasteiger partial charge >= 0.3 is 11.7 Å². The number of aromatic nitrogens is 5. The fraction of sp³-hybridized carbons (Fsp3) is 0.192. The fourth-order valence-corrected chi connectivity index (χ4v) is 4.61. The van der Waals surface area contributed by atoms with Crippen LogP contribution in [0.1, 0.15) is 5.56 Å². The summed E-state index contributed by atoms with van der Waals surface area (Å²) < 4.78 is 16.6. The molecule has 0 unspecified atom stereocenters. The molecule has 14 heteroatoms. The van der Waals surface area contributed by atoms with Crippen LogP contribution in [0.5, 0.6) is 0 Å². The number of anilines is 3. The zero-order valence-electron chi connectivity index (χ0n) is 21.2. The Balaban J connectivity index is 1.26. The van der Waals surface area contributed by atoms with E-state index in [1.807, 2.05) is 42.2 Å². The average molecular weight is 559 g/mol. The number of morpholine rings is 1. The Hall–Kier alpha value is -4.82. The van der Waals surface area contributed by atoms with Gasteiger partial charge in [-0.1, -0.05) is 30.3 Å². The van der Waals surface area contributed by atoms with Crippen molar-refractivity contribution >= 4 is 46.3 Å². The summed E-state index contributed by atoms with van der Waals surface area (Å²) in [6, 6.07) is 15.7. The number of carbonyl (C=O) groups is 1. The van der Waals surface area contributed by atoms with Crippen LogP contribution in [0.15, 0.2) is 78.6 Å². The van der Waals surface area contributed by atoms with Gasteiger partial charge in [0.25, 0.3) is 11.1 Å². The lowest BCUT2D eigenvalue weighted by atomic mass is 10.2. The molecule has 13 nitrogen and oxygen atoms in total. The fourth-order valence-electron chi connectivity index (χ4n) is 3.99. The molecule has 0 bridgehead atoms. The molecule has 1 fully saturated rings. The molecular weight excluding hydrogens is 536 g/mol. The molecule has 0 atom stereocenters. The van der Waals surface area contributed by atoms with Crippen molar-refractivity contribution in [2.45, 2.75) is 17.3 Å². The molecule has 1 aliphatic heterocycles. The van der Waals surface area contributed by atoms with Gasteiger partial charge in [-0.15, -0.1) is 10.2 Å². The van der Waals surface area contributed by atoms with Gasteiger partial charge in [-0.25, -0.2) is 9.59 Å². The number of nitrogens with one attached hydrogen (secondary N) is 2. The van der Waals surface area contributed by atoms with Crippen molar-refractivity contribution in [3.63, 3.8) is 0 Å². The van der Waals surface area contributed by atoms with Crippen molar-refractivity contribution in [2.24, 2.45) is 0 Å². The molecule has 4 heterocycles. The van der Waals surface area contributed by atoms with E-state index in [4.69, 9.17) is 13.6 Å². The number of ether oxygens (including phenoxy) is 1. The van der Waals surface area contributed by atoms with E-state index in [9.17, 15) is 9.59 Å². The summed E-state index contributed by atoms with van der Waals surface area (Å²) in [5.41, 5.74) is 1.63. The quantitative estimate of drug-likeness (QED) is 0.289. The molecule has 2 aromatic carbocycles. The summed E-state index contributed by atoms with van der Waals surface area (Å²) in [5, 5.41) is 14.5. The van der Waals surface area contributed by atoms with Crippen LogP contribution in [0.25, 0.3) is 22.4 Å².